The Morgan fingerprint density at radius 2 is 2.25 bits per heavy atom. The molecule has 0 aliphatic carbocycles. The maximum atomic E-state index is 10.6. The van der Waals surface area contributed by atoms with E-state index in [1.807, 2.05) is 13.8 Å². The first-order valence-electron chi connectivity index (χ1n) is 6.03. The van der Waals surface area contributed by atoms with E-state index in [9.17, 15) is 15.4 Å². The number of nitro groups is 1. The first-order chi connectivity index (χ1) is 9.27. The molecule has 7 heteroatoms. The number of hydrogen-bond donors (Lipinski definition) is 1. The van der Waals surface area contributed by atoms with Gasteiger partial charge in [-0.2, -0.15) is 5.26 Å². The fourth-order valence-electron chi connectivity index (χ4n) is 1.70. The lowest BCUT2D eigenvalue weighted by Gasteiger charge is -2.25. The predicted octanol–water partition coefficient (Wildman–Crippen LogP) is 2.91. The first-order valence-corrected chi connectivity index (χ1v) is 6.41. The van der Waals surface area contributed by atoms with E-state index >= 15 is 0 Å². The highest BCUT2D eigenvalue weighted by Gasteiger charge is 2.25. The molecule has 0 aromatic heterocycles. The van der Waals surface area contributed by atoms with Crippen molar-refractivity contribution in [3.63, 3.8) is 0 Å². The van der Waals surface area contributed by atoms with Gasteiger partial charge in [-0.15, -0.1) is 0 Å². The van der Waals surface area contributed by atoms with Crippen molar-refractivity contribution in [1.29, 1.82) is 5.26 Å². The Hall–Kier alpha value is -1.84. The standard InChI is InChI=1S/C13H16ClN3O3/c1-9(2)16-13(3,7-15)8-20-10-4-5-12(17(18)19)11(14)6-10/h4-6,9,16H,8H2,1-3H3. The highest BCUT2D eigenvalue weighted by Crippen LogP contribution is 2.28. The molecule has 0 amide bonds. The van der Waals surface area contributed by atoms with Gasteiger partial charge < -0.3 is 4.74 Å². The van der Waals surface area contributed by atoms with Crippen LogP contribution in [0.25, 0.3) is 0 Å². The Morgan fingerprint density at radius 1 is 1.60 bits per heavy atom. The zero-order valence-corrected chi connectivity index (χ0v) is 12.3. The van der Waals surface area contributed by atoms with Crippen LogP contribution in [0.15, 0.2) is 18.2 Å². The van der Waals surface area contributed by atoms with Gasteiger partial charge >= 0.3 is 0 Å². The fraction of sp³-hybridized carbons (Fsp3) is 0.462. The Balaban J connectivity index is 2.77. The molecule has 0 bridgehead atoms. The van der Waals surface area contributed by atoms with E-state index in [-0.39, 0.29) is 23.4 Å². The minimum atomic E-state index is -0.845. The summed E-state index contributed by atoms with van der Waals surface area (Å²) in [5.41, 5.74) is -1.02. The molecule has 108 valence electrons. The van der Waals surface area contributed by atoms with Gasteiger partial charge in [-0.25, -0.2) is 0 Å². The Morgan fingerprint density at radius 3 is 2.70 bits per heavy atom. The van der Waals surface area contributed by atoms with Crippen LogP contribution in [-0.4, -0.2) is 23.1 Å². The van der Waals surface area contributed by atoms with E-state index < -0.39 is 10.5 Å². The van der Waals surface area contributed by atoms with Crippen LogP contribution in [0.2, 0.25) is 5.02 Å². The molecule has 6 nitrogen and oxygen atoms in total. The Kier molecular flexibility index (Phi) is 5.31. The lowest BCUT2D eigenvalue weighted by atomic mass is 10.1. The van der Waals surface area contributed by atoms with Crippen LogP contribution >= 0.6 is 11.6 Å². The smallest absolute Gasteiger partial charge is 0.288 e. The summed E-state index contributed by atoms with van der Waals surface area (Å²) in [7, 11) is 0. The first kappa shape index (κ1) is 16.2. The van der Waals surface area contributed by atoms with Gasteiger partial charge in [-0.3, -0.25) is 15.4 Å². The Bertz CT molecular complexity index is 542. The van der Waals surface area contributed by atoms with Gasteiger partial charge in [0.15, 0.2) is 0 Å². The SMILES string of the molecule is CC(C)NC(C)(C#N)COc1ccc([N+](=O)[O-])c(Cl)c1. The van der Waals surface area contributed by atoms with Gasteiger partial charge in [0.2, 0.25) is 0 Å². The van der Waals surface area contributed by atoms with Crippen LogP contribution in [0.5, 0.6) is 5.75 Å². The van der Waals surface area contributed by atoms with E-state index in [1.165, 1.54) is 18.2 Å². The molecule has 0 fully saturated rings. The molecular formula is C13H16ClN3O3. The molecule has 1 aromatic rings. The van der Waals surface area contributed by atoms with Crippen molar-refractivity contribution in [2.75, 3.05) is 6.61 Å². The van der Waals surface area contributed by atoms with Crippen molar-refractivity contribution in [3.05, 3.63) is 33.3 Å². The van der Waals surface area contributed by atoms with Crippen LogP contribution in [0.3, 0.4) is 0 Å². The average molecular weight is 298 g/mol. The lowest BCUT2D eigenvalue weighted by molar-refractivity contribution is -0.384. The van der Waals surface area contributed by atoms with Crippen molar-refractivity contribution < 1.29 is 9.66 Å². The molecule has 1 unspecified atom stereocenters. The quantitative estimate of drug-likeness (QED) is 0.644. The number of ether oxygens (including phenoxy) is 1. The number of halogens is 1. The van der Waals surface area contributed by atoms with E-state index in [0.717, 1.165) is 0 Å². The van der Waals surface area contributed by atoms with E-state index in [4.69, 9.17) is 16.3 Å². The number of nitrogens with zero attached hydrogens (tertiary/aromatic N) is 2. The summed E-state index contributed by atoms with van der Waals surface area (Å²) in [6.07, 6.45) is 0. The molecule has 0 saturated carbocycles. The summed E-state index contributed by atoms with van der Waals surface area (Å²) >= 11 is 5.79. The molecule has 1 rings (SSSR count). The average Bonchev–Trinajstić information content (AvgIpc) is 2.35. The molecular weight excluding hydrogens is 282 g/mol. The molecule has 0 heterocycles. The summed E-state index contributed by atoms with van der Waals surface area (Å²) in [6.45, 7) is 5.69. The van der Waals surface area contributed by atoms with Gasteiger partial charge in [0.1, 0.15) is 22.9 Å². The third kappa shape index (κ3) is 4.37. The molecule has 1 aromatic carbocycles. The normalized spacial score (nSPS) is 13.6. The third-order valence-electron chi connectivity index (χ3n) is 2.50. The molecule has 0 spiro atoms. The molecule has 1 N–H and O–H groups in total. The topological polar surface area (TPSA) is 88.2 Å². The summed E-state index contributed by atoms with van der Waals surface area (Å²) < 4.78 is 5.49. The summed E-state index contributed by atoms with van der Waals surface area (Å²) in [6, 6.07) is 6.37. The van der Waals surface area contributed by atoms with Crippen molar-refractivity contribution in [1.82, 2.24) is 5.32 Å². The van der Waals surface area contributed by atoms with E-state index in [2.05, 4.69) is 11.4 Å². The van der Waals surface area contributed by atoms with Gasteiger partial charge in [0.05, 0.1) is 11.0 Å². The maximum Gasteiger partial charge on any atom is 0.288 e. The van der Waals surface area contributed by atoms with Crippen LogP contribution in [0.4, 0.5) is 5.69 Å². The van der Waals surface area contributed by atoms with Crippen molar-refractivity contribution in [2.24, 2.45) is 0 Å². The second-order valence-electron chi connectivity index (χ2n) is 4.90. The van der Waals surface area contributed by atoms with E-state index in [1.54, 1.807) is 6.92 Å². The molecule has 0 aliphatic heterocycles. The van der Waals surface area contributed by atoms with Crippen LogP contribution < -0.4 is 10.1 Å². The highest BCUT2D eigenvalue weighted by atomic mass is 35.5. The minimum Gasteiger partial charge on any atom is -0.490 e. The Labute approximate surface area is 122 Å². The molecule has 0 saturated heterocycles. The molecule has 0 aliphatic rings. The van der Waals surface area contributed by atoms with Gasteiger partial charge in [-0.1, -0.05) is 11.6 Å². The van der Waals surface area contributed by atoms with Crippen molar-refractivity contribution in [3.8, 4) is 11.8 Å². The number of rotatable bonds is 6. The van der Waals surface area contributed by atoms with Crippen molar-refractivity contribution >= 4 is 17.3 Å². The zero-order valence-electron chi connectivity index (χ0n) is 11.5. The van der Waals surface area contributed by atoms with Crippen LogP contribution in [0.1, 0.15) is 20.8 Å². The van der Waals surface area contributed by atoms with Crippen LogP contribution in [-0.2, 0) is 0 Å². The number of hydrogen-bond acceptors (Lipinski definition) is 5. The second kappa shape index (κ2) is 6.55. The number of nitro benzene ring substituents is 1. The number of nitriles is 1. The predicted molar refractivity (Wildman–Crippen MR) is 75.9 cm³/mol. The highest BCUT2D eigenvalue weighted by molar-refractivity contribution is 6.32. The minimum absolute atomic E-state index is 0.00276. The van der Waals surface area contributed by atoms with Gasteiger partial charge in [-0.05, 0) is 26.8 Å². The summed E-state index contributed by atoms with van der Waals surface area (Å²) in [5, 5.41) is 22.9. The molecule has 20 heavy (non-hydrogen) atoms. The number of nitrogens with one attached hydrogen (secondary N) is 1. The molecule has 0 radical (unpaired) electrons. The monoisotopic (exact) mass is 297 g/mol. The van der Waals surface area contributed by atoms with Crippen molar-refractivity contribution in [2.45, 2.75) is 32.4 Å². The second-order valence-corrected chi connectivity index (χ2v) is 5.31. The number of benzene rings is 1. The van der Waals surface area contributed by atoms with E-state index in [0.29, 0.717) is 5.75 Å². The lowest BCUT2D eigenvalue weighted by Crippen LogP contribution is -2.49. The largest absolute Gasteiger partial charge is 0.490 e. The molecule has 1 atom stereocenters. The summed E-state index contributed by atoms with van der Waals surface area (Å²) in [5.74, 6) is 0.382. The zero-order chi connectivity index (χ0) is 15.3. The fourth-order valence-corrected chi connectivity index (χ4v) is 1.94. The van der Waals surface area contributed by atoms with Gasteiger partial charge in [0.25, 0.3) is 5.69 Å². The van der Waals surface area contributed by atoms with Gasteiger partial charge in [0, 0.05) is 18.2 Å². The van der Waals surface area contributed by atoms with Crippen LogP contribution in [0, 0.1) is 21.4 Å². The maximum absolute atomic E-state index is 10.6. The summed E-state index contributed by atoms with van der Waals surface area (Å²) in [4.78, 5) is 10.1. The third-order valence-corrected chi connectivity index (χ3v) is 2.80.